The van der Waals surface area contributed by atoms with Crippen molar-refractivity contribution in [2.45, 2.75) is 51.3 Å². The zero-order valence-corrected chi connectivity index (χ0v) is 13.6. The Morgan fingerprint density at radius 3 is 2.50 bits per heavy atom. The van der Waals surface area contributed by atoms with Gasteiger partial charge in [-0.3, -0.25) is 0 Å². The molecular weight excluding hydrogens is 368 g/mol. The van der Waals surface area contributed by atoms with E-state index in [0.29, 0.717) is 17.3 Å². The van der Waals surface area contributed by atoms with Crippen LogP contribution in [0.5, 0.6) is 0 Å². The minimum absolute atomic E-state index is 0.300. The Morgan fingerprint density at radius 1 is 1.27 bits per heavy atom. The summed E-state index contributed by atoms with van der Waals surface area (Å²) in [6, 6.07) is 3.45. The van der Waals surface area contributed by atoms with Crippen LogP contribution in [-0.4, -0.2) is 18.2 Å². The van der Waals surface area contributed by atoms with Crippen molar-refractivity contribution in [1.82, 2.24) is 0 Å². The molecule has 7 heteroatoms. The fourth-order valence-corrected chi connectivity index (χ4v) is 2.23. The molecule has 0 radical (unpaired) electrons. The van der Waals surface area contributed by atoms with E-state index in [0.717, 1.165) is 25.0 Å². The zero-order valence-electron chi connectivity index (χ0n) is 12.1. The lowest BCUT2D eigenvalue weighted by atomic mass is 10.1. The first-order valence-corrected chi connectivity index (χ1v) is 7.77. The van der Waals surface area contributed by atoms with E-state index in [2.05, 4.69) is 20.7 Å². The molecule has 0 bridgehead atoms. The second kappa shape index (κ2) is 8.50. The van der Waals surface area contributed by atoms with Gasteiger partial charge in [0.15, 0.2) is 6.10 Å². The van der Waals surface area contributed by atoms with Crippen LogP contribution in [0.25, 0.3) is 0 Å². The normalized spacial score (nSPS) is 13.0. The van der Waals surface area contributed by atoms with Gasteiger partial charge in [0.25, 0.3) is 0 Å². The van der Waals surface area contributed by atoms with Crippen molar-refractivity contribution in [3.63, 3.8) is 0 Å². The lowest BCUT2D eigenvalue weighted by Crippen LogP contribution is -2.34. The fraction of sp³-hybridized carbons (Fsp3) is 0.533. The maximum atomic E-state index is 13.6. The summed E-state index contributed by atoms with van der Waals surface area (Å²) in [7, 11) is 0. The molecule has 1 aromatic carbocycles. The molecule has 0 saturated heterocycles. The van der Waals surface area contributed by atoms with Crippen LogP contribution in [0.4, 0.5) is 17.6 Å². The molecule has 0 N–H and O–H groups in total. The third-order valence-electron chi connectivity index (χ3n) is 3.09. The van der Waals surface area contributed by atoms with Gasteiger partial charge in [-0.25, -0.2) is 9.18 Å². The summed E-state index contributed by atoms with van der Waals surface area (Å²) < 4.78 is 57.1. The van der Waals surface area contributed by atoms with Gasteiger partial charge in [-0.05, 0) is 31.0 Å². The number of alkyl halides is 3. The smallest absolute Gasteiger partial charge is 0.425 e. The van der Waals surface area contributed by atoms with Crippen molar-refractivity contribution in [2.24, 2.45) is 0 Å². The molecule has 2 nitrogen and oxygen atoms in total. The van der Waals surface area contributed by atoms with E-state index in [1.54, 1.807) is 0 Å². The molecule has 0 spiro atoms. The Balaban J connectivity index is 2.74. The number of hydrogen-bond donors (Lipinski definition) is 0. The Hall–Kier alpha value is -1.11. The van der Waals surface area contributed by atoms with Crippen LogP contribution in [-0.2, 0) is 4.74 Å². The molecule has 0 fully saturated rings. The molecule has 0 saturated carbocycles. The molecule has 1 rings (SSSR count). The number of ether oxygens (including phenoxy) is 1. The van der Waals surface area contributed by atoms with E-state index in [9.17, 15) is 22.4 Å². The van der Waals surface area contributed by atoms with Gasteiger partial charge in [0, 0.05) is 4.47 Å². The van der Waals surface area contributed by atoms with E-state index < -0.39 is 29.6 Å². The number of esters is 1. The molecule has 22 heavy (non-hydrogen) atoms. The van der Waals surface area contributed by atoms with Gasteiger partial charge in [0.05, 0.1) is 5.56 Å². The summed E-state index contributed by atoms with van der Waals surface area (Å²) in [6.07, 6.45) is -4.54. The molecule has 124 valence electrons. The lowest BCUT2D eigenvalue weighted by molar-refractivity contribution is -0.206. The third kappa shape index (κ3) is 5.94. The highest BCUT2D eigenvalue weighted by Gasteiger charge is 2.42. The Bertz CT molecular complexity index is 503. The largest absolute Gasteiger partial charge is 0.449 e. The zero-order chi connectivity index (χ0) is 16.8. The van der Waals surface area contributed by atoms with Crippen molar-refractivity contribution < 1.29 is 27.1 Å². The number of unbranched alkanes of at least 4 members (excludes halogenated alkanes) is 3. The SMILES string of the molecule is CCCCCC[C@H](OC(=O)c1ccc(Br)cc1F)C(F)(F)F. The van der Waals surface area contributed by atoms with E-state index >= 15 is 0 Å². The summed E-state index contributed by atoms with van der Waals surface area (Å²) in [5.41, 5.74) is -0.508. The maximum absolute atomic E-state index is 13.6. The van der Waals surface area contributed by atoms with E-state index in [1.807, 2.05) is 6.92 Å². The quantitative estimate of drug-likeness (QED) is 0.345. The van der Waals surface area contributed by atoms with E-state index in [-0.39, 0.29) is 6.42 Å². The lowest BCUT2D eigenvalue weighted by Gasteiger charge is -2.20. The van der Waals surface area contributed by atoms with Gasteiger partial charge >= 0.3 is 12.1 Å². The highest BCUT2D eigenvalue weighted by molar-refractivity contribution is 9.10. The minimum atomic E-state index is -4.66. The van der Waals surface area contributed by atoms with E-state index in [4.69, 9.17) is 0 Å². The Morgan fingerprint density at radius 2 is 1.95 bits per heavy atom. The molecule has 1 aromatic rings. The molecule has 0 amide bonds. The van der Waals surface area contributed by atoms with Gasteiger partial charge < -0.3 is 4.74 Å². The highest BCUT2D eigenvalue weighted by atomic mass is 79.9. The number of carbonyl (C=O) groups excluding carboxylic acids is 1. The number of hydrogen-bond acceptors (Lipinski definition) is 2. The summed E-state index contributed by atoms with van der Waals surface area (Å²) in [5.74, 6) is -2.23. The van der Waals surface area contributed by atoms with Crippen molar-refractivity contribution in [1.29, 1.82) is 0 Å². The molecule has 0 aliphatic heterocycles. The standard InChI is InChI=1S/C15H17BrF4O2/c1-2-3-4-5-6-13(15(18,19)20)22-14(21)11-8-7-10(16)9-12(11)17/h7-9,13H,2-6H2,1H3/t13-/m0/s1. The van der Waals surface area contributed by atoms with Crippen LogP contribution in [0.15, 0.2) is 22.7 Å². The summed E-state index contributed by atoms with van der Waals surface area (Å²) in [4.78, 5) is 11.7. The number of rotatable bonds is 7. The van der Waals surface area contributed by atoms with E-state index in [1.165, 1.54) is 6.07 Å². The van der Waals surface area contributed by atoms with Crippen LogP contribution in [0, 0.1) is 5.82 Å². The molecule has 0 aliphatic carbocycles. The van der Waals surface area contributed by atoms with Gasteiger partial charge in [-0.1, -0.05) is 42.1 Å². The van der Waals surface area contributed by atoms with Gasteiger partial charge in [-0.2, -0.15) is 13.2 Å². The Kier molecular flexibility index (Phi) is 7.32. The first-order valence-electron chi connectivity index (χ1n) is 6.98. The number of benzene rings is 1. The predicted molar refractivity (Wildman–Crippen MR) is 78.1 cm³/mol. The molecule has 0 unspecified atom stereocenters. The van der Waals surface area contributed by atoms with Gasteiger partial charge in [0.1, 0.15) is 5.82 Å². The van der Waals surface area contributed by atoms with Crippen LogP contribution in [0.3, 0.4) is 0 Å². The van der Waals surface area contributed by atoms with Gasteiger partial charge in [0.2, 0.25) is 0 Å². The minimum Gasteiger partial charge on any atom is -0.449 e. The average Bonchev–Trinajstić information content (AvgIpc) is 2.40. The second-order valence-electron chi connectivity index (χ2n) is 4.91. The second-order valence-corrected chi connectivity index (χ2v) is 5.82. The van der Waals surface area contributed by atoms with Gasteiger partial charge in [-0.15, -0.1) is 0 Å². The van der Waals surface area contributed by atoms with Crippen molar-refractivity contribution in [3.05, 3.63) is 34.1 Å². The first-order chi connectivity index (χ1) is 10.3. The topological polar surface area (TPSA) is 26.3 Å². The molecule has 0 aromatic heterocycles. The molecule has 0 aliphatic rings. The molecular formula is C15H17BrF4O2. The number of carbonyl (C=O) groups is 1. The van der Waals surface area contributed by atoms with Crippen molar-refractivity contribution >= 4 is 21.9 Å². The number of halogens is 5. The summed E-state index contributed by atoms with van der Waals surface area (Å²) in [6.45, 7) is 1.94. The van der Waals surface area contributed by atoms with Crippen LogP contribution in [0.1, 0.15) is 49.4 Å². The maximum Gasteiger partial charge on any atom is 0.425 e. The summed E-state index contributed by atoms with van der Waals surface area (Å²) in [5, 5.41) is 0. The fourth-order valence-electron chi connectivity index (χ4n) is 1.89. The van der Waals surface area contributed by atoms with Crippen LogP contribution >= 0.6 is 15.9 Å². The average molecular weight is 385 g/mol. The van der Waals surface area contributed by atoms with Crippen LogP contribution < -0.4 is 0 Å². The summed E-state index contributed by atoms with van der Waals surface area (Å²) >= 11 is 3.00. The molecule has 0 heterocycles. The van der Waals surface area contributed by atoms with Crippen LogP contribution in [0.2, 0.25) is 0 Å². The molecule has 1 atom stereocenters. The third-order valence-corrected chi connectivity index (χ3v) is 3.58. The Labute approximate surface area is 135 Å². The van der Waals surface area contributed by atoms with Crippen molar-refractivity contribution in [2.75, 3.05) is 0 Å². The van der Waals surface area contributed by atoms with Crippen molar-refractivity contribution in [3.8, 4) is 0 Å². The predicted octanol–water partition coefficient (Wildman–Crippen LogP) is 5.65. The monoisotopic (exact) mass is 384 g/mol. The first kappa shape index (κ1) is 18.9. The highest BCUT2D eigenvalue weighted by Crippen LogP contribution is 2.28.